The third-order valence-electron chi connectivity index (χ3n) is 1.86. The largest absolute Gasteiger partial charge is 0.479 e. The first-order chi connectivity index (χ1) is 6.85. The number of carboxylic acids is 1. The molecule has 0 heterocycles. The Morgan fingerprint density at radius 3 is 2.47 bits per heavy atom. The van der Waals surface area contributed by atoms with Crippen LogP contribution in [-0.4, -0.2) is 54.0 Å². The number of carbonyl (C=O) groups excluding carboxylic acids is 1. The van der Waals surface area contributed by atoms with Gasteiger partial charge in [0.25, 0.3) is 5.91 Å². The van der Waals surface area contributed by atoms with E-state index >= 15 is 0 Å². The number of hydrogen-bond acceptors (Lipinski definition) is 5. The van der Waals surface area contributed by atoms with Gasteiger partial charge in [-0.05, 0) is 6.92 Å². The summed E-state index contributed by atoms with van der Waals surface area (Å²) in [4.78, 5) is 21.7. The van der Waals surface area contributed by atoms with E-state index in [4.69, 9.17) is 15.6 Å². The maximum absolute atomic E-state index is 11.3. The van der Waals surface area contributed by atoms with Gasteiger partial charge in [-0.25, -0.2) is 4.79 Å². The Kier molecular flexibility index (Phi) is 5.20. The van der Waals surface area contributed by atoms with Crippen LogP contribution in [0.4, 0.5) is 0 Å². The number of carboxylic acid groups (broad SMARTS) is 1. The van der Waals surface area contributed by atoms with Crippen molar-refractivity contribution >= 4 is 11.9 Å². The van der Waals surface area contributed by atoms with E-state index < -0.39 is 30.1 Å². The van der Waals surface area contributed by atoms with Gasteiger partial charge in [0.1, 0.15) is 6.10 Å². The van der Waals surface area contributed by atoms with Gasteiger partial charge in [0.15, 0.2) is 5.60 Å². The van der Waals surface area contributed by atoms with Crippen LogP contribution in [0.3, 0.4) is 0 Å². The number of aliphatic hydroxyl groups is 1. The van der Waals surface area contributed by atoms with E-state index in [1.54, 1.807) is 0 Å². The third kappa shape index (κ3) is 4.24. The number of methoxy groups -OCH3 is 1. The fraction of sp³-hybridized carbons (Fsp3) is 0.750. The molecular weight excluding hydrogens is 204 g/mol. The predicted octanol–water partition coefficient (Wildman–Crippen LogP) is -2.09. The monoisotopic (exact) mass is 220 g/mol. The quantitative estimate of drug-likeness (QED) is 0.407. The molecule has 0 saturated carbocycles. The van der Waals surface area contributed by atoms with Crippen LogP contribution < -0.4 is 11.1 Å². The van der Waals surface area contributed by atoms with Crippen LogP contribution in [0, 0.1) is 0 Å². The molecule has 0 aromatic carbocycles. The molecular formula is C8H16N2O5. The van der Waals surface area contributed by atoms with Gasteiger partial charge in [-0.2, -0.15) is 0 Å². The molecule has 5 N–H and O–H groups in total. The average molecular weight is 220 g/mol. The molecule has 2 atom stereocenters. The van der Waals surface area contributed by atoms with E-state index in [-0.39, 0.29) is 6.54 Å². The number of rotatable bonds is 6. The lowest BCUT2D eigenvalue weighted by Crippen LogP contribution is -2.50. The lowest BCUT2D eigenvalue weighted by Gasteiger charge is -2.20. The zero-order valence-electron chi connectivity index (χ0n) is 8.69. The number of ether oxygens (including phenoxy) is 1. The first-order valence-corrected chi connectivity index (χ1v) is 4.31. The van der Waals surface area contributed by atoms with Crippen LogP contribution in [-0.2, 0) is 14.3 Å². The molecule has 0 aromatic heterocycles. The standard InChI is InChI=1S/C8H16N2O5/c1-8(14,7(12)13)4-10-6(11)5(3-9)15-2/h5,14H,3-4,9H2,1-2H3,(H,10,11)(H,12,13). The summed E-state index contributed by atoms with van der Waals surface area (Å²) in [5, 5.41) is 20.1. The highest BCUT2D eigenvalue weighted by Crippen LogP contribution is 2.01. The van der Waals surface area contributed by atoms with Crippen LogP contribution in [0.1, 0.15) is 6.92 Å². The van der Waals surface area contributed by atoms with E-state index in [1.807, 2.05) is 0 Å². The molecule has 15 heavy (non-hydrogen) atoms. The van der Waals surface area contributed by atoms with Crippen LogP contribution >= 0.6 is 0 Å². The van der Waals surface area contributed by atoms with E-state index in [0.29, 0.717) is 0 Å². The fourth-order valence-corrected chi connectivity index (χ4v) is 0.759. The molecule has 0 rings (SSSR count). The average Bonchev–Trinajstić information content (AvgIpc) is 2.16. The molecule has 0 aliphatic heterocycles. The normalized spacial score (nSPS) is 16.5. The van der Waals surface area contributed by atoms with Crippen molar-refractivity contribution in [3.8, 4) is 0 Å². The lowest BCUT2D eigenvalue weighted by molar-refractivity contribution is -0.156. The Labute approximate surface area is 87.2 Å². The van der Waals surface area contributed by atoms with Gasteiger partial charge < -0.3 is 26.0 Å². The van der Waals surface area contributed by atoms with Crippen molar-refractivity contribution in [3.05, 3.63) is 0 Å². The highest BCUT2D eigenvalue weighted by molar-refractivity contribution is 5.83. The van der Waals surface area contributed by atoms with Gasteiger partial charge in [0.2, 0.25) is 0 Å². The van der Waals surface area contributed by atoms with E-state index in [1.165, 1.54) is 7.11 Å². The number of carbonyl (C=O) groups is 2. The summed E-state index contributed by atoms with van der Waals surface area (Å²) in [6.45, 7) is 0.665. The molecule has 7 heteroatoms. The Hall–Kier alpha value is -1.18. The number of nitrogens with two attached hydrogens (primary N) is 1. The summed E-state index contributed by atoms with van der Waals surface area (Å²) < 4.78 is 4.72. The molecule has 0 aromatic rings. The van der Waals surface area contributed by atoms with Crippen molar-refractivity contribution in [2.24, 2.45) is 5.73 Å². The Morgan fingerprint density at radius 2 is 2.13 bits per heavy atom. The SMILES string of the molecule is COC(CN)C(=O)NCC(C)(O)C(=O)O. The molecule has 0 aliphatic rings. The van der Waals surface area contributed by atoms with Crippen LogP contribution in [0.15, 0.2) is 0 Å². The second-order valence-electron chi connectivity index (χ2n) is 3.26. The summed E-state index contributed by atoms with van der Waals surface area (Å²) in [6, 6.07) is 0. The zero-order valence-corrected chi connectivity index (χ0v) is 8.69. The van der Waals surface area contributed by atoms with Crippen molar-refractivity contribution in [1.82, 2.24) is 5.32 Å². The van der Waals surface area contributed by atoms with E-state index in [2.05, 4.69) is 5.32 Å². The van der Waals surface area contributed by atoms with Gasteiger partial charge in [0.05, 0.1) is 6.54 Å². The minimum absolute atomic E-state index is 0.0163. The molecule has 7 nitrogen and oxygen atoms in total. The number of aliphatic carboxylic acids is 1. The summed E-state index contributed by atoms with van der Waals surface area (Å²) in [6.07, 6.45) is -0.838. The van der Waals surface area contributed by atoms with Gasteiger partial charge in [-0.15, -0.1) is 0 Å². The van der Waals surface area contributed by atoms with Crippen molar-refractivity contribution in [2.75, 3.05) is 20.2 Å². The lowest BCUT2D eigenvalue weighted by atomic mass is 10.1. The van der Waals surface area contributed by atoms with Crippen molar-refractivity contribution in [2.45, 2.75) is 18.6 Å². The maximum atomic E-state index is 11.3. The third-order valence-corrected chi connectivity index (χ3v) is 1.86. The van der Waals surface area contributed by atoms with Crippen LogP contribution in [0.2, 0.25) is 0 Å². The number of nitrogens with one attached hydrogen (secondary N) is 1. The predicted molar refractivity (Wildman–Crippen MR) is 51.1 cm³/mol. The first kappa shape index (κ1) is 13.8. The molecule has 0 saturated heterocycles. The Balaban J connectivity index is 4.16. The Bertz CT molecular complexity index is 237. The topological polar surface area (TPSA) is 122 Å². The van der Waals surface area contributed by atoms with Gasteiger partial charge >= 0.3 is 5.97 Å². The van der Waals surface area contributed by atoms with E-state index in [9.17, 15) is 14.7 Å². The molecule has 0 fully saturated rings. The van der Waals surface area contributed by atoms with Crippen LogP contribution in [0.25, 0.3) is 0 Å². The zero-order chi connectivity index (χ0) is 12.1. The van der Waals surface area contributed by atoms with Crippen LogP contribution in [0.5, 0.6) is 0 Å². The summed E-state index contributed by atoms with van der Waals surface area (Å²) in [7, 11) is 1.31. The van der Waals surface area contributed by atoms with Gasteiger partial charge in [0, 0.05) is 13.7 Å². The highest BCUT2D eigenvalue weighted by atomic mass is 16.5. The van der Waals surface area contributed by atoms with Crippen molar-refractivity contribution < 1.29 is 24.5 Å². The second kappa shape index (κ2) is 5.64. The molecule has 88 valence electrons. The van der Waals surface area contributed by atoms with E-state index in [0.717, 1.165) is 6.92 Å². The second-order valence-corrected chi connectivity index (χ2v) is 3.26. The van der Waals surface area contributed by atoms with Gasteiger partial charge in [-0.3, -0.25) is 4.79 Å². The minimum atomic E-state index is -2.00. The Morgan fingerprint density at radius 1 is 1.60 bits per heavy atom. The van der Waals surface area contributed by atoms with Crippen molar-refractivity contribution in [3.63, 3.8) is 0 Å². The molecule has 0 radical (unpaired) electrons. The molecule has 2 unspecified atom stereocenters. The fourth-order valence-electron chi connectivity index (χ4n) is 0.759. The van der Waals surface area contributed by atoms with Gasteiger partial charge in [-0.1, -0.05) is 0 Å². The number of hydrogen-bond donors (Lipinski definition) is 4. The summed E-state index contributed by atoms with van der Waals surface area (Å²) in [5.74, 6) is -1.97. The molecule has 0 bridgehead atoms. The first-order valence-electron chi connectivity index (χ1n) is 4.31. The molecule has 1 amide bonds. The summed E-state index contributed by atoms with van der Waals surface area (Å²) >= 11 is 0. The highest BCUT2D eigenvalue weighted by Gasteiger charge is 2.31. The minimum Gasteiger partial charge on any atom is -0.479 e. The maximum Gasteiger partial charge on any atom is 0.337 e. The molecule has 0 aliphatic carbocycles. The summed E-state index contributed by atoms with van der Waals surface area (Å²) in [5.41, 5.74) is 3.22. The van der Waals surface area contributed by atoms with Crippen molar-refractivity contribution in [1.29, 1.82) is 0 Å². The smallest absolute Gasteiger partial charge is 0.337 e. The molecule has 0 spiro atoms. The number of amides is 1.